The monoisotopic (exact) mass is 337 g/mol. The number of rotatable bonds is 7. The van der Waals surface area contributed by atoms with Gasteiger partial charge in [0.25, 0.3) is 0 Å². The molecule has 2 aliphatic heterocycles. The Kier molecular flexibility index (Phi) is 6.93. The first-order valence-electron chi connectivity index (χ1n) is 10.1. The Hall–Kier alpha value is -0.650. The zero-order valence-corrected chi connectivity index (χ0v) is 15.2. The summed E-state index contributed by atoms with van der Waals surface area (Å²) in [6.07, 6.45) is 13.0. The average molecular weight is 338 g/mol. The summed E-state index contributed by atoms with van der Waals surface area (Å²) < 4.78 is 5.58. The third-order valence-electron chi connectivity index (χ3n) is 6.11. The number of amides is 1. The number of carbonyl (C=O) groups excluding carboxylic acids is 1. The zero-order valence-electron chi connectivity index (χ0n) is 15.2. The molecule has 0 spiro atoms. The summed E-state index contributed by atoms with van der Waals surface area (Å²) in [6, 6.07) is 0. The Morgan fingerprint density at radius 1 is 1.04 bits per heavy atom. The highest BCUT2D eigenvalue weighted by atomic mass is 16.5. The normalized spacial score (nSPS) is 27.9. The van der Waals surface area contributed by atoms with Crippen LogP contribution in [-0.2, 0) is 9.53 Å². The number of hydrogen-bond acceptors (Lipinski definition) is 4. The van der Waals surface area contributed by atoms with Gasteiger partial charge in [-0.15, -0.1) is 0 Å². The van der Waals surface area contributed by atoms with Gasteiger partial charge in [0.2, 0.25) is 5.91 Å². The molecule has 2 saturated heterocycles. The molecule has 1 saturated carbocycles. The average Bonchev–Trinajstić information content (AvgIpc) is 3.15. The van der Waals surface area contributed by atoms with Crippen molar-refractivity contribution in [1.82, 2.24) is 15.5 Å². The van der Waals surface area contributed by atoms with Gasteiger partial charge in [0.15, 0.2) is 0 Å². The van der Waals surface area contributed by atoms with Gasteiger partial charge in [-0.3, -0.25) is 9.69 Å². The summed E-state index contributed by atoms with van der Waals surface area (Å²) in [5.41, 5.74) is 0.225. The molecule has 1 atom stereocenters. The van der Waals surface area contributed by atoms with Crippen LogP contribution in [0.1, 0.15) is 64.2 Å². The van der Waals surface area contributed by atoms with E-state index < -0.39 is 0 Å². The van der Waals surface area contributed by atoms with Crippen molar-refractivity contribution in [1.29, 1.82) is 0 Å². The minimum absolute atomic E-state index is 0.134. The summed E-state index contributed by atoms with van der Waals surface area (Å²) in [5.74, 6) is 0.134. The molecule has 3 fully saturated rings. The Bertz CT molecular complexity index is 384. The molecular weight excluding hydrogens is 302 g/mol. The van der Waals surface area contributed by atoms with Crippen LogP contribution in [0.15, 0.2) is 0 Å². The third kappa shape index (κ3) is 4.93. The van der Waals surface area contributed by atoms with Gasteiger partial charge < -0.3 is 15.4 Å². The van der Waals surface area contributed by atoms with E-state index in [2.05, 4.69) is 15.5 Å². The highest BCUT2D eigenvalue weighted by Gasteiger charge is 2.38. The lowest BCUT2D eigenvalue weighted by Crippen LogP contribution is -2.58. The van der Waals surface area contributed by atoms with Crippen LogP contribution in [0.4, 0.5) is 0 Å². The topological polar surface area (TPSA) is 53.6 Å². The molecule has 3 aliphatic rings. The van der Waals surface area contributed by atoms with Crippen LogP contribution < -0.4 is 10.6 Å². The molecule has 1 unspecified atom stereocenters. The van der Waals surface area contributed by atoms with Gasteiger partial charge in [-0.25, -0.2) is 0 Å². The number of nitrogens with zero attached hydrogens (tertiary/aromatic N) is 1. The maximum Gasteiger partial charge on any atom is 0.234 e. The van der Waals surface area contributed by atoms with Crippen molar-refractivity contribution in [3.05, 3.63) is 0 Å². The van der Waals surface area contributed by atoms with Crippen molar-refractivity contribution in [2.45, 2.75) is 75.9 Å². The van der Waals surface area contributed by atoms with E-state index in [1.807, 2.05) is 0 Å². The van der Waals surface area contributed by atoms with E-state index in [4.69, 9.17) is 4.74 Å². The van der Waals surface area contributed by atoms with E-state index >= 15 is 0 Å². The third-order valence-corrected chi connectivity index (χ3v) is 6.11. The Morgan fingerprint density at radius 2 is 1.79 bits per heavy atom. The van der Waals surface area contributed by atoms with Gasteiger partial charge in [-0.05, 0) is 51.6 Å². The molecule has 5 nitrogen and oxygen atoms in total. The number of hydrogen-bond donors (Lipinski definition) is 2. The summed E-state index contributed by atoms with van der Waals surface area (Å²) in [7, 11) is 0. The van der Waals surface area contributed by atoms with Crippen molar-refractivity contribution >= 4 is 5.91 Å². The van der Waals surface area contributed by atoms with Gasteiger partial charge in [0.1, 0.15) is 0 Å². The van der Waals surface area contributed by atoms with E-state index in [1.54, 1.807) is 0 Å². The molecule has 24 heavy (non-hydrogen) atoms. The maximum atomic E-state index is 12.3. The highest BCUT2D eigenvalue weighted by molar-refractivity contribution is 5.78. The minimum atomic E-state index is 0.134. The second kappa shape index (κ2) is 9.16. The fourth-order valence-corrected chi connectivity index (χ4v) is 4.66. The van der Waals surface area contributed by atoms with Crippen LogP contribution in [0.2, 0.25) is 0 Å². The number of carbonyl (C=O) groups is 1. The lowest BCUT2D eigenvalue weighted by Gasteiger charge is -2.48. The summed E-state index contributed by atoms with van der Waals surface area (Å²) >= 11 is 0. The predicted molar refractivity (Wildman–Crippen MR) is 96.1 cm³/mol. The molecule has 2 N–H and O–H groups in total. The molecule has 0 bridgehead atoms. The molecular formula is C19H35N3O2. The smallest absolute Gasteiger partial charge is 0.234 e. The minimum Gasteiger partial charge on any atom is -0.377 e. The number of piperidine rings is 1. The van der Waals surface area contributed by atoms with Crippen LogP contribution in [0, 0.1) is 0 Å². The number of nitrogens with one attached hydrogen (secondary N) is 2. The molecule has 5 heteroatoms. The molecule has 1 amide bonds. The van der Waals surface area contributed by atoms with E-state index in [0.29, 0.717) is 12.6 Å². The van der Waals surface area contributed by atoms with Crippen molar-refractivity contribution in [3.8, 4) is 0 Å². The van der Waals surface area contributed by atoms with Crippen LogP contribution in [0.5, 0.6) is 0 Å². The second-order valence-electron chi connectivity index (χ2n) is 7.88. The SMILES string of the molecule is O=C(CNCC1CCCO1)NCC1(N2CCCCC2)CCCCC1. The Morgan fingerprint density at radius 3 is 2.50 bits per heavy atom. The van der Waals surface area contributed by atoms with Crippen LogP contribution in [-0.4, -0.2) is 61.8 Å². The van der Waals surface area contributed by atoms with E-state index in [0.717, 1.165) is 32.5 Å². The van der Waals surface area contributed by atoms with E-state index in [1.165, 1.54) is 64.5 Å². The first-order valence-corrected chi connectivity index (χ1v) is 10.1. The van der Waals surface area contributed by atoms with Crippen molar-refractivity contribution in [2.24, 2.45) is 0 Å². The van der Waals surface area contributed by atoms with Gasteiger partial charge in [0.05, 0.1) is 12.6 Å². The predicted octanol–water partition coefficient (Wildman–Crippen LogP) is 2.06. The standard InChI is InChI=1S/C19H35N3O2/c23-18(15-20-14-17-8-7-13-24-17)21-16-19(9-3-1-4-10-19)22-11-5-2-6-12-22/h17,20H,1-16H2,(H,21,23). The molecule has 2 heterocycles. The van der Waals surface area contributed by atoms with Gasteiger partial charge in [0, 0.05) is 25.2 Å². The molecule has 0 aromatic carbocycles. The molecule has 3 rings (SSSR count). The van der Waals surface area contributed by atoms with Gasteiger partial charge in [-0.1, -0.05) is 25.7 Å². The molecule has 0 aromatic heterocycles. The second-order valence-corrected chi connectivity index (χ2v) is 7.88. The first kappa shape index (κ1) is 18.2. The van der Waals surface area contributed by atoms with Crippen molar-refractivity contribution in [2.75, 3.05) is 39.3 Å². The fourth-order valence-electron chi connectivity index (χ4n) is 4.66. The summed E-state index contributed by atoms with van der Waals surface area (Å²) in [6.45, 7) is 5.34. The molecule has 0 aromatic rings. The fraction of sp³-hybridized carbons (Fsp3) is 0.947. The summed E-state index contributed by atoms with van der Waals surface area (Å²) in [5, 5.41) is 6.49. The highest BCUT2D eigenvalue weighted by Crippen LogP contribution is 2.35. The van der Waals surface area contributed by atoms with Crippen molar-refractivity contribution in [3.63, 3.8) is 0 Å². The molecule has 138 valence electrons. The van der Waals surface area contributed by atoms with Crippen molar-refractivity contribution < 1.29 is 9.53 Å². The lowest BCUT2D eigenvalue weighted by atomic mass is 9.79. The quantitative estimate of drug-likeness (QED) is 0.747. The maximum absolute atomic E-state index is 12.3. The van der Waals surface area contributed by atoms with Crippen LogP contribution in [0.25, 0.3) is 0 Å². The van der Waals surface area contributed by atoms with E-state index in [-0.39, 0.29) is 11.4 Å². The number of likely N-dealkylation sites (tertiary alicyclic amines) is 1. The summed E-state index contributed by atoms with van der Waals surface area (Å²) in [4.78, 5) is 14.9. The van der Waals surface area contributed by atoms with Crippen LogP contribution in [0.3, 0.4) is 0 Å². The zero-order chi connectivity index (χ0) is 16.7. The number of ether oxygens (including phenoxy) is 1. The van der Waals surface area contributed by atoms with Gasteiger partial charge in [-0.2, -0.15) is 0 Å². The Balaban J connectivity index is 1.43. The Labute approximate surface area is 146 Å². The van der Waals surface area contributed by atoms with Crippen LogP contribution >= 0.6 is 0 Å². The molecule has 0 radical (unpaired) electrons. The van der Waals surface area contributed by atoms with Gasteiger partial charge >= 0.3 is 0 Å². The van der Waals surface area contributed by atoms with E-state index in [9.17, 15) is 4.79 Å². The first-order chi connectivity index (χ1) is 11.8. The largest absolute Gasteiger partial charge is 0.377 e. The lowest BCUT2D eigenvalue weighted by molar-refractivity contribution is -0.121. The molecule has 1 aliphatic carbocycles.